The first-order valence-corrected chi connectivity index (χ1v) is 7.66. The van der Waals surface area contributed by atoms with Crippen molar-refractivity contribution in [2.24, 2.45) is 0 Å². The van der Waals surface area contributed by atoms with Crippen molar-refractivity contribution in [3.05, 3.63) is 52.1 Å². The van der Waals surface area contributed by atoms with Gasteiger partial charge in [-0.15, -0.1) is 0 Å². The van der Waals surface area contributed by atoms with E-state index in [-0.39, 0.29) is 11.9 Å². The minimum Gasteiger partial charge on any atom is -0.305 e. The fraction of sp³-hybridized carbons (Fsp3) is 0.438. The first-order valence-electron chi connectivity index (χ1n) is 7.29. The number of hydrogen-bond acceptors (Lipinski definition) is 2. The summed E-state index contributed by atoms with van der Waals surface area (Å²) in [6, 6.07) is 4.99. The SMILES string of the molecule is CCCn1ncc(Cl)c1C(NCC)c1ccc(C)cc1F. The van der Waals surface area contributed by atoms with Gasteiger partial charge in [-0.2, -0.15) is 5.10 Å². The molecule has 2 rings (SSSR count). The van der Waals surface area contributed by atoms with Crippen LogP contribution in [0.3, 0.4) is 0 Å². The molecule has 0 saturated heterocycles. The van der Waals surface area contributed by atoms with E-state index in [1.807, 2.05) is 30.7 Å². The van der Waals surface area contributed by atoms with Crippen LogP contribution >= 0.6 is 11.6 Å². The molecule has 1 aromatic heterocycles. The Morgan fingerprint density at radius 1 is 1.38 bits per heavy atom. The monoisotopic (exact) mass is 309 g/mol. The second kappa shape index (κ2) is 7.05. The minimum atomic E-state index is -0.294. The zero-order chi connectivity index (χ0) is 15.4. The van der Waals surface area contributed by atoms with Crippen LogP contribution in [-0.2, 0) is 6.54 Å². The van der Waals surface area contributed by atoms with Crippen molar-refractivity contribution in [3.63, 3.8) is 0 Å². The molecule has 0 saturated carbocycles. The molecular formula is C16H21ClFN3. The third kappa shape index (κ3) is 3.44. The van der Waals surface area contributed by atoms with E-state index in [0.29, 0.717) is 17.1 Å². The van der Waals surface area contributed by atoms with Gasteiger partial charge in [0.1, 0.15) is 5.82 Å². The highest BCUT2D eigenvalue weighted by Crippen LogP contribution is 2.30. The predicted octanol–water partition coefficient (Wildman–Crippen LogP) is 4.09. The van der Waals surface area contributed by atoms with Crippen molar-refractivity contribution >= 4 is 11.6 Å². The van der Waals surface area contributed by atoms with Crippen LogP contribution in [0, 0.1) is 12.7 Å². The van der Waals surface area contributed by atoms with Crippen molar-refractivity contribution in [3.8, 4) is 0 Å². The van der Waals surface area contributed by atoms with Gasteiger partial charge < -0.3 is 5.32 Å². The minimum absolute atomic E-state index is 0.221. The van der Waals surface area contributed by atoms with Gasteiger partial charge in [-0.1, -0.05) is 37.6 Å². The van der Waals surface area contributed by atoms with Crippen molar-refractivity contribution in [2.75, 3.05) is 6.54 Å². The molecule has 0 aliphatic heterocycles. The van der Waals surface area contributed by atoms with Crippen molar-refractivity contribution in [1.29, 1.82) is 0 Å². The van der Waals surface area contributed by atoms with Crippen molar-refractivity contribution in [1.82, 2.24) is 15.1 Å². The largest absolute Gasteiger partial charge is 0.305 e. The lowest BCUT2D eigenvalue weighted by molar-refractivity contribution is 0.502. The Kier molecular flexibility index (Phi) is 5.37. The van der Waals surface area contributed by atoms with E-state index in [1.54, 1.807) is 12.3 Å². The molecule has 0 aliphatic rings. The molecule has 0 radical (unpaired) electrons. The molecule has 2 aromatic rings. The highest BCUT2D eigenvalue weighted by atomic mass is 35.5. The molecule has 0 spiro atoms. The van der Waals surface area contributed by atoms with Gasteiger partial charge in [0.2, 0.25) is 0 Å². The quantitative estimate of drug-likeness (QED) is 0.871. The van der Waals surface area contributed by atoms with Gasteiger partial charge in [-0.25, -0.2) is 4.39 Å². The second-order valence-corrected chi connectivity index (χ2v) is 5.52. The molecule has 0 amide bonds. The molecule has 3 nitrogen and oxygen atoms in total. The molecule has 1 aromatic carbocycles. The maximum absolute atomic E-state index is 14.4. The molecule has 1 N–H and O–H groups in total. The topological polar surface area (TPSA) is 29.9 Å². The molecule has 1 unspecified atom stereocenters. The number of hydrogen-bond donors (Lipinski definition) is 1. The number of halogens is 2. The Bertz CT molecular complexity index is 610. The van der Waals surface area contributed by atoms with Gasteiger partial charge in [-0.3, -0.25) is 4.68 Å². The first kappa shape index (κ1) is 16.0. The van der Waals surface area contributed by atoms with Crippen LogP contribution in [0.1, 0.15) is 43.1 Å². The van der Waals surface area contributed by atoms with Crippen LogP contribution in [0.4, 0.5) is 4.39 Å². The average molecular weight is 310 g/mol. The maximum atomic E-state index is 14.4. The maximum Gasteiger partial charge on any atom is 0.128 e. The Balaban J connectivity index is 2.50. The Morgan fingerprint density at radius 2 is 2.14 bits per heavy atom. The second-order valence-electron chi connectivity index (χ2n) is 5.12. The van der Waals surface area contributed by atoms with Gasteiger partial charge in [-0.05, 0) is 31.5 Å². The van der Waals surface area contributed by atoms with E-state index in [0.717, 1.165) is 24.2 Å². The number of benzene rings is 1. The summed E-state index contributed by atoms with van der Waals surface area (Å²) in [5.41, 5.74) is 2.32. The fourth-order valence-corrected chi connectivity index (χ4v) is 2.72. The van der Waals surface area contributed by atoms with Gasteiger partial charge in [0.15, 0.2) is 0 Å². The third-order valence-electron chi connectivity index (χ3n) is 3.42. The first-order chi connectivity index (χ1) is 10.1. The van der Waals surface area contributed by atoms with Gasteiger partial charge in [0, 0.05) is 12.1 Å². The average Bonchev–Trinajstić information content (AvgIpc) is 2.79. The molecule has 1 heterocycles. The summed E-state index contributed by atoms with van der Waals surface area (Å²) in [7, 11) is 0. The number of nitrogens with zero attached hydrogens (tertiary/aromatic N) is 2. The molecule has 21 heavy (non-hydrogen) atoms. The van der Waals surface area contributed by atoms with Crippen LogP contribution in [0.2, 0.25) is 5.02 Å². The zero-order valence-electron chi connectivity index (χ0n) is 12.7. The Labute approximate surface area is 130 Å². The van der Waals surface area contributed by atoms with E-state index in [4.69, 9.17) is 11.6 Å². The lowest BCUT2D eigenvalue weighted by Gasteiger charge is -2.21. The molecule has 0 aliphatic carbocycles. The smallest absolute Gasteiger partial charge is 0.128 e. The van der Waals surface area contributed by atoms with Crippen LogP contribution in [0.15, 0.2) is 24.4 Å². The Hall–Kier alpha value is -1.39. The van der Waals surface area contributed by atoms with Gasteiger partial charge in [0.25, 0.3) is 0 Å². The highest BCUT2D eigenvalue weighted by molar-refractivity contribution is 6.31. The summed E-state index contributed by atoms with van der Waals surface area (Å²) >= 11 is 6.30. The van der Waals surface area contributed by atoms with E-state index < -0.39 is 0 Å². The highest BCUT2D eigenvalue weighted by Gasteiger charge is 2.23. The van der Waals surface area contributed by atoms with Crippen LogP contribution in [-0.4, -0.2) is 16.3 Å². The normalized spacial score (nSPS) is 12.6. The fourth-order valence-electron chi connectivity index (χ4n) is 2.47. The summed E-state index contributed by atoms with van der Waals surface area (Å²) in [6.45, 7) is 7.42. The standard InChI is InChI=1S/C16H21ClFN3/c1-4-8-21-16(13(17)10-20-21)15(19-5-2)12-7-6-11(3)9-14(12)18/h6-7,9-10,15,19H,4-5,8H2,1-3H3. The number of aryl methyl sites for hydroxylation is 2. The van der Waals surface area contributed by atoms with Crippen molar-refractivity contribution in [2.45, 2.75) is 39.8 Å². The van der Waals surface area contributed by atoms with E-state index in [2.05, 4.69) is 17.3 Å². The summed E-state index contributed by atoms with van der Waals surface area (Å²) in [5, 5.41) is 8.18. The number of nitrogens with one attached hydrogen (secondary N) is 1. The predicted molar refractivity (Wildman–Crippen MR) is 84.2 cm³/mol. The number of aromatic nitrogens is 2. The van der Waals surface area contributed by atoms with Gasteiger partial charge >= 0.3 is 0 Å². The molecule has 0 fully saturated rings. The zero-order valence-corrected chi connectivity index (χ0v) is 13.4. The van der Waals surface area contributed by atoms with Crippen LogP contribution in [0.5, 0.6) is 0 Å². The summed E-state index contributed by atoms with van der Waals surface area (Å²) in [5.74, 6) is -0.221. The third-order valence-corrected chi connectivity index (χ3v) is 3.71. The lowest BCUT2D eigenvalue weighted by atomic mass is 10.0. The number of rotatable bonds is 6. The molecule has 1 atom stereocenters. The lowest BCUT2D eigenvalue weighted by Crippen LogP contribution is -2.26. The van der Waals surface area contributed by atoms with E-state index >= 15 is 0 Å². The van der Waals surface area contributed by atoms with Crippen LogP contribution < -0.4 is 5.32 Å². The van der Waals surface area contributed by atoms with Crippen molar-refractivity contribution < 1.29 is 4.39 Å². The molecule has 5 heteroatoms. The summed E-state index contributed by atoms with van der Waals surface area (Å²) < 4.78 is 16.2. The Morgan fingerprint density at radius 3 is 2.76 bits per heavy atom. The van der Waals surface area contributed by atoms with E-state index in [1.165, 1.54) is 0 Å². The molecule has 114 valence electrons. The summed E-state index contributed by atoms with van der Waals surface area (Å²) in [6.07, 6.45) is 2.57. The summed E-state index contributed by atoms with van der Waals surface area (Å²) in [4.78, 5) is 0. The van der Waals surface area contributed by atoms with Gasteiger partial charge in [0.05, 0.1) is 23.0 Å². The molecular weight excluding hydrogens is 289 g/mol. The van der Waals surface area contributed by atoms with Crippen LogP contribution in [0.25, 0.3) is 0 Å². The molecule has 0 bridgehead atoms. The van der Waals surface area contributed by atoms with E-state index in [9.17, 15) is 4.39 Å².